The minimum Gasteiger partial charge on any atom is -0.258 e. The van der Waals surface area contributed by atoms with Gasteiger partial charge in [0.25, 0.3) is 5.69 Å². The first-order chi connectivity index (χ1) is 6.86. The molecule has 1 aromatic carbocycles. The summed E-state index contributed by atoms with van der Waals surface area (Å²) in [7, 11) is -4.00. The van der Waals surface area contributed by atoms with E-state index in [-0.39, 0.29) is 5.56 Å². The van der Waals surface area contributed by atoms with Crippen LogP contribution in [0.4, 0.5) is 5.69 Å². The van der Waals surface area contributed by atoms with Crippen molar-refractivity contribution in [2.45, 2.75) is 4.90 Å². The number of hydrogen-bond acceptors (Lipinski definition) is 5. The van der Waals surface area contributed by atoms with E-state index >= 15 is 0 Å². The fourth-order valence-corrected chi connectivity index (χ4v) is 1.47. The molecule has 15 heavy (non-hydrogen) atoms. The van der Waals surface area contributed by atoms with Crippen LogP contribution in [-0.2, 0) is 10.0 Å². The SMILES string of the molecule is N#Cc1ccc(S(N)(=O)=O)cc1[N+](=O)[O-]. The normalized spacial score (nSPS) is 10.7. The molecular formula is C7H5N3O4S. The van der Waals surface area contributed by atoms with E-state index in [1.54, 1.807) is 6.07 Å². The van der Waals surface area contributed by atoms with Crippen molar-refractivity contribution in [1.29, 1.82) is 5.26 Å². The Labute approximate surface area is 84.9 Å². The zero-order valence-corrected chi connectivity index (χ0v) is 8.06. The zero-order valence-electron chi connectivity index (χ0n) is 7.25. The van der Waals surface area contributed by atoms with Gasteiger partial charge in [-0.25, -0.2) is 13.6 Å². The monoisotopic (exact) mass is 227 g/mol. The van der Waals surface area contributed by atoms with E-state index < -0.39 is 25.5 Å². The fraction of sp³-hybridized carbons (Fsp3) is 0. The summed E-state index contributed by atoms with van der Waals surface area (Å²) in [6.45, 7) is 0. The summed E-state index contributed by atoms with van der Waals surface area (Å²) in [5.74, 6) is 0. The summed E-state index contributed by atoms with van der Waals surface area (Å²) in [5.41, 5.74) is -0.795. The predicted octanol–water partition coefficient (Wildman–Crippen LogP) is 0.114. The number of benzene rings is 1. The van der Waals surface area contributed by atoms with E-state index in [1.165, 1.54) is 0 Å². The Hall–Kier alpha value is -1.98. The first-order valence-electron chi connectivity index (χ1n) is 3.57. The molecule has 7 nitrogen and oxygen atoms in total. The van der Waals surface area contributed by atoms with Crippen molar-refractivity contribution >= 4 is 15.7 Å². The number of nitrogens with two attached hydrogens (primary N) is 1. The molecule has 0 aliphatic heterocycles. The molecule has 0 heterocycles. The van der Waals surface area contributed by atoms with Crippen molar-refractivity contribution in [3.05, 3.63) is 33.9 Å². The van der Waals surface area contributed by atoms with Gasteiger partial charge in [0.05, 0.1) is 9.82 Å². The Morgan fingerprint density at radius 3 is 2.47 bits per heavy atom. The number of primary sulfonamides is 1. The maximum Gasteiger partial charge on any atom is 0.288 e. The molecule has 1 aromatic rings. The van der Waals surface area contributed by atoms with Gasteiger partial charge in [0, 0.05) is 6.07 Å². The van der Waals surface area contributed by atoms with E-state index in [1.807, 2.05) is 0 Å². The van der Waals surface area contributed by atoms with Crippen LogP contribution in [0.15, 0.2) is 23.1 Å². The summed E-state index contributed by atoms with van der Waals surface area (Å²) in [6, 6.07) is 4.42. The summed E-state index contributed by atoms with van der Waals surface area (Å²) < 4.78 is 21.8. The molecule has 0 atom stereocenters. The molecule has 0 bridgehead atoms. The fourth-order valence-electron chi connectivity index (χ4n) is 0.934. The van der Waals surface area contributed by atoms with Gasteiger partial charge in [0.2, 0.25) is 10.0 Å². The minimum atomic E-state index is -4.00. The molecule has 0 amide bonds. The number of rotatable bonds is 2. The third kappa shape index (κ3) is 2.28. The third-order valence-electron chi connectivity index (χ3n) is 1.61. The highest BCUT2D eigenvalue weighted by molar-refractivity contribution is 7.89. The smallest absolute Gasteiger partial charge is 0.258 e. The molecule has 0 saturated heterocycles. The van der Waals surface area contributed by atoms with Crippen molar-refractivity contribution < 1.29 is 13.3 Å². The van der Waals surface area contributed by atoms with E-state index in [2.05, 4.69) is 0 Å². The second-order valence-corrected chi connectivity index (χ2v) is 4.15. The Bertz CT molecular complexity index is 558. The highest BCUT2D eigenvalue weighted by Gasteiger charge is 2.18. The summed E-state index contributed by atoms with van der Waals surface area (Å²) in [6.07, 6.45) is 0. The van der Waals surface area contributed by atoms with Gasteiger partial charge in [0.15, 0.2) is 0 Å². The molecule has 0 radical (unpaired) electrons. The van der Waals surface area contributed by atoms with Crippen molar-refractivity contribution in [3.8, 4) is 6.07 Å². The molecule has 0 spiro atoms. The number of nitro groups is 1. The zero-order chi connectivity index (χ0) is 11.6. The molecule has 1 rings (SSSR count). The third-order valence-corrected chi connectivity index (χ3v) is 2.53. The second-order valence-electron chi connectivity index (χ2n) is 2.59. The molecular weight excluding hydrogens is 222 g/mol. The lowest BCUT2D eigenvalue weighted by Gasteiger charge is -1.98. The first kappa shape index (κ1) is 11.1. The molecule has 0 fully saturated rings. The van der Waals surface area contributed by atoms with Gasteiger partial charge < -0.3 is 0 Å². The molecule has 0 saturated carbocycles. The van der Waals surface area contributed by atoms with Crippen molar-refractivity contribution in [1.82, 2.24) is 0 Å². The van der Waals surface area contributed by atoms with Gasteiger partial charge in [-0.1, -0.05) is 0 Å². The Balaban J connectivity index is 3.50. The Morgan fingerprint density at radius 1 is 1.47 bits per heavy atom. The quantitative estimate of drug-likeness (QED) is 0.566. The van der Waals surface area contributed by atoms with Crippen LogP contribution in [0.5, 0.6) is 0 Å². The molecule has 8 heteroatoms. The number of nitrogens with zero attached hydrogens (tertiary/aromatic N) is 2. The van der Waals surface area contributed by atoms with Crippen LogP contribution in [-0.4, -0.2) is 13.3 Å². The van der Waals surface area contributed by atoms with E-state index in [0.29, 0.717) is 0 Å². The van der Waals surface area contributed by atoms with Crippen LogP contribution < -0.4 is 5.14 Å². The number of hydrogen-bond donors (Lipinski definition) is 1. The van der Waals surface area contributed by atoms with Crippen LogP contribution in [0, 0.1) is 21.4 Å². The van der Waals surface area contributed by atoms with Gasteiger partial charge in [-0.2, -0.15) is 5.26 Å². The molecule has 0 unspecified atom stereocenters. The van der Waals surface area contributed by atoms with E-state index in [4.69, 9.17) is 10.4 Å². The van der Waals surface area contributed by atoms with Crippen molar-refractivity contribution in [3.63, 3.8) is 0 Å². The standard InChI is InChI=1S/C7H5N3O4S/c8-4-5-1-2-6(15(9,13)14)3-7(5)10(11)12/h1-3H,(H2,9,13,14). The number of nitriles is 1. The lowest BCUT2D eigenvalue weighted by molar-refractivity contribution is -0.385. The largest absolute Gasteiger partial charge is 0.288 e. The summed E-state index contributed by atoms with van der Waals surface area (Å²) in [4.78, 5) is 9.24. The van der Waals surface area contributed by atoms with Crippen LogP contribution in [0.3, 0.4) is 0 Å². The van der Waals surface area contributed by atoms with Gasteiger partial charge in [0.1, 0.15) is 11.6 Å². The molecule has 2 N–H and O–H groups in total. The van der Waals surface area contributed by atoms with Crippen LogP contribution in [0.2, 0.25) is 0 Å². The highest BCUT2D eigenvalue weighted by atomic mass is 32.2. The van der Waals surface area contributed by atoms with Crippen LogP contribution >= 0.6 is 0 Å². The Morgan fingerprint density at radius 2 is 2.07 bits per heavy atom. The van der Waals surface area contributed by atoms with Crippen molar-refractivity contribution in [2.75, 3.05) is 0 Å². The van der Waals surface area contributed by atoms with Crippen molar-refractivity contribution in [2.24, 2.45) is 5.14 Å². The van der Waals surface area contributed by atoms with E-state index in [9.17, 15) is 18.5 Å². The number of sulfonamides is 1. The second kappa shape index (κ2) is 3.64. The number of nitro benzene ring substituents is 1. The topological polar surface area (TPSA) is 127 Å². The average molecular weight is 227 g/mol. The van der Waals surface area contributed by atoms with Gasteiger partial charge in [-0.15, -0.1) is 0 Å². The predicted molar refractivity (Wildman–Crippen MR) is 49.2 cm³/mol. The van der Waals surface area contributed by atoms with Gasteiger partial charge in [-0.05, 0) is 12.1 Å². The Kier molecular flexibility index (Phi) is 2.69. The average Bonchev–Trinajstić information content (AvgIpc) is 2.15. The lowest BCUT2D eigenvalue weighted by atomic mass is 10.2. The van der Waals surface area contributed by atoms with Crippen LogP contribution in [0.1, 0.15) is 5.56 Å². The van der Waals surface area contributed by atoms with Gasteiger partial charge >= 0.3 is 0 Å². The lowest BCUT2D eigenvalue weighted by Crippen LogP contribution is -2.12. The summed E-state index contributed by atoms with van der Waals surface area (Å²) >= 11 is 0. The maximum absolute atomic E-state index is 10.9. The highest BCUT2D eigenvalue weighted by Crippen LogP contribution is 2.21. The molecule has 0 aliphatic rings. The van der Waals surface area contributed by atoms with E-state index in [0.717, 1.165) is 18.2 Å². The molecule has 78 valence electrons. The molecule has 0 aromatic heterocycles. The van der Waals surface area contributed by atoms with Crippen LogP contribution in [0.25, 0.3) is 0 Å². The molecule has 0 aliphatic carbocycles. The van der Waals surface area contributed by atoms with Gasteiger partial charge in [-0.3, -0.25) is 10.1 Å². The summed E-state index contributed by atoms with van der Waals surface area (Å²) in [5, 5.41) is 23.8. The maximum atomic E-state index is 10.9. The minimum absolute atomic E-state index is 0.215. The first-order valence-corrected chi connectivity index (χ1v) is 5.12.